The topological polar surface area (TPSA) is 95.2 Å². The van der Waals surface area contributed by atoms with Crippen molar-refractivity contribution in [2.75, 3.05) is 12.4 Å². The van der Waals surface area contributed by atoms with E-state index < -0.39 is 12.1 Å². The molecule has 8 heteroatoms. The van der Waals surface area contributed by atoms with Crippen LogP contribution in [0.4, 0.5) is 5.69 Å². The van der Waals surface area contributed by atoms with Crippen molar-refractivity contribution in [3.05, 3.63) is 95.7 Å². The summed E-state index contributed by atoms with van der Waals surface area (Å²) in [6.45, 7) is 0.622. The molecule has 0 saturated heterocycles. The van der Waals surface area contributed by atoms with E-state index in [1.165, 1.54) is 5.56 Å². The molecule has 1 aliphatic rings. The van der Waals surface area contributed by atoms with Crippen LogP contribution in [0.15, 0.2) is 79.0 Å². The van der Waals surface area contributed by atoms with Crippen molar-refractivity contribution in [2.45, 2.75) is 31.5 Å². The number of halogens is 1. The molecule has 7 nitrogen and oxygen atoms in total. The molecule has 5 rings (SSSR count). The Hall–Kier alpha value is -3.81. The van der Waals surface area contributed by atoms with Crippen molar-refractivity contribution in [1.29, 1.82) is 0 Å². The summed E-state index contributed by atoms with van der Waals surface area (Å²) in [6, 6.07) is 22.1. The second-order valence-corrected chi connectivity index (χ2v) is 8.75. The van der Waals surface area contributed by atoms with Gasteiger partial charge in [-0.05, 0) is 41.3 Å². The minimum Gasteiger partial charge on any atom is -0.497 e. The predicted octanol–water partition coefficient (Wildman–Crippen LogP) is 3.98. The standard InChI is InChI=1S/C28H28N4O3.ClH/c1-35-22-10-6-9-21(15-22)31-28(34)26(14-20-17-29-24-12-5-4-11-23(20)24)32-27(33)25-13-18-7-2-3-8-19(18)16-30-25;/h2-12,15,17,25-26,29-30H,13-14,16H2,1H3,(H,31,34)(H,32,33);1H. The number of fused-ring (bicyclic) bond motifs is 2. The molecule has 186 valence electrons. The summed E-state index contributed by atoms with van der Waals surface area (Å²) in [7, 11) is 1.58. The number of methoxy groups -OCH3 is 1. The molecule has 1 aliphatic heterocycles. The number of H-pyrrole nitrogens is 1. The van der Waals surface area contributed by atoms with Gasteiger partial charge in [-0.15, -0.1) is 12.4 Å². The Morgan fingerprint density at radius 1 is 1.03 bits per heavy atom. The first-order chi connectivity index (χ1) is 17.1. The first kappa shape index (κ1) is 25.3. The lowest BCUT2D eigenvalue weighted by molar-refractivity contribution is -0.128. The molecule has 1 aromatic heterocycles. The molecule has 2 unspecified atom stereocenters. The number of carbonyl (C=O) groups is 2. The van der Waals surface area contributed by atoms with Crippen molar-refractivity contribution in [3.63, 3.8) is 0 Å². The average molecular weight is 505 g/mol. The smallest absolute Gasteiger partial charge is 0.247 e. The fourth-order valence-corrected chi connectivity index (χ4v) is 4.57. The fourth-order valence-electron chi connectivity index (χ4n) is 4.57. The maximum atomic E-state index is 13.4. The maximum Gasteiger partial charge on any atom is 0.247 e. The third-order valence-corrected chi connectivity index (χ3v) is 6.47. The van der Waals surface area contributed by atoms with Crippen LogP contribution >= 0.6 is 12.4 Å². The Bertz CT molecular complexity index is 1370. The summed E-state index contributed by atoms with van der Waals surface area (Å²) in [6.07, 6.45) is 2.84. The molecular formula is C28H29ClN4O3. The van der Waals surface area contributed by atoms with E-state index in [1.807, 2.05) is 54.7 Å². The molecule has 3 aromatic carbocycles. The Labute approximate surface area is 216 Å². The second-order valence-electron chi connectivity index (χ2n) is 8.75. The third kappa shape index (κ3) is 5.53. The molecule has 0 saturated carbocycles. The zero-order chi connectivity index (χ0) is 24.2. The van der Waals surface area contributed by atoms with E-state index >= 15 is 0 Å². The Morgan fingerprint density at radius 3 is 2.64 bits per heavy atom. The van der Waals surface area contributed by atoms with Gasteiger partial charge in [-0.1, -0.05) is 48.5 Å². The van der Waals surface area contributed by atoms with Crippen LogP contribution in [0.2, 0.25) is 0 Å². The number of hydrogen-bond acceptors (Lipinski definition) is 4. The molecule has 0 spiro atoms. The molecule has 0 bridgehead atoms. The molecule has 0 radical (unpaired) electrons. The summed E-state index contributed by atoms with van der Waals surface area (Å²) >= 11 is 0. The zero-order valence-electron chi connectivity index (χ0n) is 19.9. The summed E-state index contributed by atoms with van der Waals surface area (Å²) in [5.74, 6) is 0.170. The predicted molar refractivity (Wildman–Crippen MR) is 144 cm³/mol. The molecule has 4 aromatic rings. The minimum atomic E-state index is -0.758. The van der Waals surface area contributed by atoms with E-state index in [2.05, 4.69) is 33.1 Å². The number of para-hydroxylation sites is 1. The lowest BCUT2D eigenvalue weighted by Gasteiger charge is -2.27. The second kappa shape index (κ2) is 11.3. The molecule has 36 heavy (non-hydrogen) atoms. The van der Waals surface area contributed by atoms with Crippen molar-refractivity contribution in [2.24, 2.45) is 0 Å². The highest BCUT2D eigenvalue weighted by molar-refractivity contribution is 5.98. The van der Waals surface area contributed by atoms with Crippen molar-refractivity contribution >= 4 is 40.8 Å². The van der Waals surface area contributed by atoms with Crippen LogP contribution in [0.25, 0.3) is 10.9 Å². The molecule has 2 heterocycles. The molecule has 2 atom stereocenters. The molecule has 0 fully saturated rings. The summed E-state index contributed by atoms with van der Waals surface area (Å²) in [5.41, 5.74) is 4.92. The largest absolute Gasteiger partial charge is 0.497 e. The Kier molecular flexibility index (Phi) is 7.93. The first-order valence-electron chi connectivity index (χ1n) is 11.7. The van der Waals surface area contributed by atoms with Crippen LogP contribution in [-0.2, 0) is 29.0 Å². The highest BCUT2D eigenvalue weighted by Gasteiger charge is 2.29. The average Bonchev–Trinajstić information content (AvgIpc) is 3.30. The van der Waals surface area contributed by atoms with Crippen LogP contribution in [0.3, 0.4) is 0 Å². The van der Waals surface area contributed by atoms with Gasteiger partial charge in [0.05, 0.1) is 13.2 Å². The molecule has 2 amide bonds. The summed E-state index contributed by atoms with van der Waals surface area (Å²) in [5, 5.41) is 10.3. The van der Waals surface area contributed by atoms with Crippen molar-refractivity contribution < 1.29 is 14.3 Å². The minimum absolute atomic E-state index is 0. The number of rotatable bonds is 7. The van der Waals surface area contributed by atoms with Gasteiger partial charge >= 0.3 is 0 Å². The van der Waals surface area contributed by atoms with E-state index in [0.29, 0.717) is 30.8 Å². The van der Waals surface area contributed by atoms with Crippen LogP contribution in [0.1, 0.15) is 16.7 Å². The summed E-state index contributed by atoms with van der Waals surface area (Å²) in [4.78, 5) is 29.9. The fraction of sp³-hybridized carbons (Fsp3) is 0.214. The van der Waals surface area contributed by atoms with Gasteiger partial charge in [0.25, 0.3) is 0 Å². The number of amides is 2. The van der Waals surface area contributed by atoms with Gasteiger partial charge in [0.15, 0.2) is 0 Å². The van der Waals surface area contributed by atoms with Gasteiger partial charge in [0.2, 0.25) is 11.8 Å². The van der Waals surface area contributed by atoms with Gasteiger partial charge in [-0.2, -0.15) is 0 Å². The normalized spacial score (nSPS) is 15.3. The molecular weight excluding hydrogens is 476 g/mol. The van der Waals surface area contributed by atoms with Gasteiger partial charge in [0.1, 0.15) is 11.8 Å². The monoisotopic (exact) mass is 504 g/mol. The molecule has 0 aliphatic carbocycles. The number of benzene rings is 3. The lowest BCUT2D eigenvalue weighted by Crippen LogP contribution is -2.53. The number of nitrogens with one attached hydrogen (secondary N) is 4. The number of aromatic amines is 1. The van der Waals surface area contributed by atoms with E-state index in [1.54, 1.807) is 19.2 Å². The molecule has 4 N–H and O–H groups in total. The third-order valence-electron chi connectivity index (χ3n) is 6.47. The zero-order valence-corrected chi connectivity index (χ0v) is 20.7. The van der Waals surface area contributed by atoms with Crippen LogP contribution in [0.5, 0.6) is 5.75 Å². The van der Waals surface area contributed by atoms with Crippen LogP contribution in [0, 0.1) is 0 Å². The number of aromatic nitrogens is 1. The Morgan fingerprint density at radius 2 is 1.81 bits per heavy atom. The highest BCUT2D eigenvalue weighted by atomic mass is 35.5. The maximum absolute atomic E-state index is 13.4. The number of ether oxygens (including phenoxy) is 1. The van der Waals surface area contributed by atoms with Gasteiger partial charge in [0, 0.05) is 41.8 Å². The quantitative estimate of drug-likeness (QED) is 0.306. The van der Waals surface area contributed by atoms with E-state index in [9.17, 15) is 9.59 Å². The van der Waals surface area contributed by atoms with Gasteiger partial charge in [-0.25, -0.2) is 0 Å². The number of anilines is 1. The van der Waals surface area contributed by atoms with E-state index in [-0.39, 0.29) is 24.2 Å². The van der Waals surface area contributed by atoms with Crippen LogP contribution in [-0.4, -0.2) is 36.0 Å². The number of hydrogen-bond donors (Lipinski definition) is 4. The van der Waals surface area contributed by atoms with Gasteiger partial charge in [-0.3, -0.25) is 9.59 Å². The van der Waals surface area contributed by atoms with Crippen molar-refractivity contribution in [1.82, 2.24) is 15.6 Å². The SMILES string of the molecule is COc1cccc(NC(=O)C(Cc2c[nH]c3ccccc23)NC(=O)C2Cc3ccccc3CN2)c1.Cl. The van der Waals surface area contributed by atoms with E-state index in [4.69, 9.17) is 4.74 Å². The van der Waals surface area contributed by atoms with Crippen molar-refractivity contribution in [3.8, 4) is 5.75 Å². The first-order valence-corrected chi connectivity index (χ1v) is 11.7. The number of carbonyl (C=O) groups excluding carboxylic acids is 2. The highest BCUT2D eigenvalue weighted by Crippen LogP contribution is 2.22. The lowest BCUT2D eigenvalue weighted by atomic mass is 9.95. The van der Waals surface area contributed by atoms with Gasteiger partial charge < -0.3 is 25.7 Å². The van der Waals surface area contributed by atoms with Crippen LogP contribution < -0.4 is 20.7 Å². The summed E-state index contributed by atoms with van der Waals surface area (Å²) < 4.78 is 5.27. The Balaban J connectivity index is 0.00000304. The van der Waals surface area contributed by atoms with E-state index in [0.717, 1.165) is 22.0 Å².